The highest BCUT2D eigenvalue weighted by Crippen LogP contribution is 2.31. The van der Waals surface area contributed by atoms with Gasteiger partial charge in [0.1, 0.15) is 23.2 Å². The largest absolute Gasteiger partial charge is 0.456 e. The predicted octanol–water partition coefficient (Wildman–Crippen LogP) is 3.04. The quantitative estimate of drug-likeness (QED) is 0.393. The molecular formula is C17H13N3O4. The van der Waals surface area contributed by atoms with Crippen LogP contribution >= 0.6 is 0 Å². The van der Waals surface area contributed by atoms with E-state index in [1.807, 2.05) is 6.07 Å². The molecule has 0 bridgehead atoms. The van der Waals surface area contributed by atoms with Gasteiger partial charge < -0.3 is 9.73 Å². The number of benzene rings is 1. The van der Waals surface area contributed by atoms with E-state index in [0.29, 0.717) is 11.3 Å². The van der Waals surface area contributed by atoms with Crippen molar-refractivity contribution >= 4 is 17.7 Å². The summed E-state index contributed by atoms with van der Waals surface area (Å²) in [6.45, 7) is 0. The molecule has 3 rings (SSSR count). The average Bonchev–Trinajstić information content (AvgIpc) is 3.27. The molecule has 1 aliphatic rings. The van der Waals surface area contributed by atoms with Crippen molar-refractivity contribution in [1.29, 1.82) is 5.26 Å². The van der Waals surface area contributed by atoms with Gasteiger partial charge in [-0.2, -0.15) is 5.26 Å². The van der Waals surface area contributed by atoms with Gasteiger partial charge in [0, 0.05) is 18.2 Å². The van der Waals surface area contributed by atoms with E-state index in [9.17, 15) is 14.9 Å². The summed E-state index contributed by atoms with van der Waals surface area (Å²) in [5, 5.41) is 22.9. The number of hydrogen-bond acceptors (Lipinski definition) is 5. The lowest BCUT2D eigenvalue weighted by molar-refractivity contribution is -0.384. The summed E-state index contributed by atoms with van der Waals surface area (Å²) in [7, 11) is 0. The molecule has 1 aromatic carbocycles. The topological polar surface area (TPSA) is 109 Å². The number of rotatable bonds is 5. The molecule has 120 valence electrons. The van der Waals surface area contributed by atoms with E-state index in [0.717, 1.165) is 12.8 Å². The smallest absolute Gasteiger partial charge is 0.280 e. The van der Waals surface area contributed by atoms with Crippen LogP contribution in [0.4, 0.5) is 5.69 Å². The number of hydrogen-bond donors (Lipinski definition) is 1. The lowest BCUT2D eigenvalue weighted by atomic mass is 10.1. The van der Waals surface area contributed by atoms with Gasteiger partial charge in [-0.25, -0.2) is 0 Å². The molecule has 0 aliphatic heterocycles. The van der Waals surface area contributed by atoms with Gasteiger partial charge in [0.25, 0.3) is 11.6 Å². The summed E-state index contributed by atoms with van der Waals surface area (Å²) < 4.78 is 5.55. The van der Waals surface area contributed by atoms with Crippen LogP contribution in [0.25, 0.3) is 17.4 Å². The van der Waals surface area contributed by atoms with Gasteiger partial charge in [0.2, 0.25) is 0 Å². The molecule has 1 saturated carbocycles. The number of furan rings is 1. The van der Waals surface area contributed by atoms with Crippen molar-refractivity contribution in [2.75, 3.05) is 0 Å². The summed E-state index contributed by atoms with van der Waals surface area (Å²) >= 11 is 0. The van der Waals surface area contributed by atoms with Crippen molar-refractivity contribution in [2.24, 2.45) is 0 Å². The number of nitrogens with one attached hydrogen (secondary N) is 1. The standard InChI is InChI=1S/C17H13N3O4/c18-10-11(17(21)19-12-5-6-12)9-13-7-8-16(24-13)14-3-1-2-4-15(14)20(22)23/h1-4,7-9,12H,5-6H2,(H,19,21)/b11-9+. The maximum atomic E-state index is 11.9. The Kier molecular flexibility index (Phi) is 4.12. The van der Waals surface area contributed by atoms with Crippen LogP contribution < -0.4 is 5.32 Å². The SMILES string of the molecule is N#C/C(=C\c1ccc(-c2ccccc2[N+](=O)[O-])o1)C(=O)NC1CC1. The lowest BCUT2D eigenvalue weighted by Crippen LogP contribution is -2.26. The maximum Gasteiger partial charge on any atom is 0.280 e. The molecule has 7 heteroatoms. The second kappa shape index (κ2) is 6.38. The molecule has 1 fully saturated rings. The fraction of sp³-hybridized carbons (Fsp3) is 0.176. The summed E-state index contributed by atoms with van der Waals surface area (Å²) in [6, 6.07) is 11.3. The number of carbonyl (C=O) groups excluding carboxylic acids is 1. The number of nitriles is 1. The molecule has 0 spiro atoms. The van der Waals surface area contributed by atoms with E-state index < -0.39 is 10.8 Å². The molecule has 1 aliphatic carbocycles. The van der Waals surface area contributed by atoms with Crippen molar-refractivity contribution in [3.8, 4) is 17.4 Å². The number of carbonyl (C=O) groups is 1. The monoisotopic (exact) mass is 323 g/mol. The van der Waals surface area contributed by atoms with Crippen LogP contribution in [0.5, 0.6) is 0 Å². The van der Waals surface area contributed by atoms with Crippen molar-refractivity contribution < 1.29 is 14.1 Å². The molecule has 7 nitrogen and oxygen atoms in total. The van der Waals surface area contributed by atoms with Crippen LogP contribution in [-0.2, 0) is 4.79 Å². The first-order valence-electron chi connectivity index (χ1n) is 7.35. The van der Waals surface area contributed by atoms with Gasteiger partial charge in [-0.15, -0.1) is 0 Å². The van der Waals surface area contributed by atoms with Crippen molar-refractivity contribution in [2.45, 2.75) is 18.9 Å². The molecule has 1 amide bonds. The zero-order chi connectivity index (χ0) is 17.1. The number of para-hydroxylation sites is 1. The molecule has 0 atom stereocenters. The molecule has 2 aromatic rings. The normalized spacial score (nSPS) is 14.0. The number of amides is 1. The first-order valence-corrected chi connectivity index (χ1v) is 7.35. The molecule has 0 saturated heterocycles. The maximum absolute atomic E-state index is 11.9. The van der Waals surface area contributed by atoms with Crippen molar-refractivity contribution in [3.05, 3.63) is 57.8 Å². The highest BCUT2D eigenvalue weighted by Gasteiger charge is 2.25. The molecule has 24 heavy (non-hydrogen) atoms. The minimum absolute atomic E-state index is 0.0645. The second-order valence-electron chi connectivity index (χ2n) is 5.39. The fourth-order valence-corrected chi connectivity index (χ4v) is 2.20. The Hall–Kier alpha value is -3.40. The highest BCUT2D eigenvalue weighted by atomic mass is 16.6. The van der Waals surface area contributed by atoms with Gasteiger partial charge in [-0.3, -0.25) is 14.9 Å². The molecule has 1 aromatic heterocycles. The zero-order valence-corrected chi connectivity index (χ0v) is 12.6. The minimum Gasteiger partial charge on any atom is -0.456 e. The Morgan fingerprint density at radius 3 is 2.75 bits per heavy atom. The van der Waals surface area contributed by atoms with Crippen LogP contribution in [0.15, 0.2) is 46.4 Å². The third kappa shape index (κ3) is 3.33. The third-order valence-electron chi connectivity index (χ3n) is 3.56. The first kappa shape index (κ1) is 15.5. The third-order valence-corrected chi connectivity index (χ3v) is 3.56. The Morgan fingerprint density at radius 2 is 2.08 bits per heavy atom. The number of nitrogens with zero attached hydrogens (tertiary/aromatic N) is 2. The van der Waals surface area contributed by atoms with Crippen molar-refractivity contribution in [3.63, 3.8) is 0 Å². The van der Waals surface area contributed by atoms with Gasteiger partial charge in [-0.05, 0) is 31.0 Å². The van der Waals surface area contributed by atoms with E-state index in [1.165, 1.54) is 12.1 Å². The highest BCUT2D eigenvalue weighted by molar-refractivity contribution is 6.01. The Bertz CT molecular complexity index is 872. The van der Waals surface area contributed by atoms with Gasteiger partial charge in [-0.1, -0.05) is 12.1 Å². The molecular weight excluding hydrogens is 310 g/mol. The zero-order valence-electron chi connectivity index (χ0n) is 12.6. The Morgan fingerprint density at radius 1 is 1.33 bits per heavy atom. The molecule has 1 N–H and O–H groups in total. The van der Waals surface area contributed by atoms with Crippen LogP contribution in [0.3, 0.4) is 0 Å². The summed E-state index contributed by atoms with van der Waals surface area (Å²) in [5.41, 5.74) is 0.197. The van der Waals surface area contributed by atoms with Crippen LogP contribution in [0, 0.1) is 21.4 Å². The lowest BCUT2D eigenvalue weighted by Gasteiger charge is -2.00. The predicted molar refractivity (Wildman–Crippen MR) is 85.6 cm³/mol. The fourth-order valence-electron chi connectivity index (χ4n) is 2.20. The van der Waals surface area contributed by atoms with Crippen molar-refractivity contribution in [1.82, 2.24) is 5.32 Å². The summed E-state index contributed by atoms with van der Waals surface area (Å²) in [5.74, 6) is 0.141. The van der Waals surface area contributed by atoms with E-state index in [4.69, 9.17) is 9.68 Å². The minimum atomic E-state index is -0.489. The molecule has 0 radical (unpaired) electrons. The van der Waals surface area contributed by atoms with E-state index in [1.54, 1.807) is 30.3 Å². The van der Waals surface area contributed by atoms with E-state index >= 15 is 0 Å². The van der Waals surface area contributed by atoms with Gasteiger partial charge in [0.05, 0.1) is 10.5 Å². The second-order valence-corrected chi connectivity index (χ2v) is 5.39. The van der Waals surface area contributed by atoms with Gasteiger partial charge in [0.15, 0.2) is 0 Å². The Labute approximate surface area is 137 Å². The van der Waals surface area contributed by atoms with Crippen LogP contribution in [0.1, 0.15) is 18.6 Å². The van der Waals surface area contributed by atoms with E-state index in [2.05, 4.69) is 5.32 Å². The molecule has 1 heterocycles. The van der Waals surface area contributed by atoms with E-state index in [-0.39, 0.29) is 23.1 Å². The van der Waals surface area contributed by atoms with Crippen LogP contribution in [0.2, 0.25) is 0 Å². The van der Waals surface area contributed by atoms with Gasteiger partial charge >= 0.3 is 0 Å². The summed E-state index contributed by atoms with van der Waals surface area (Å²) in [4.78, 5) is 22.5. The first-order chi connectivity index (χ1) is 11.6. The number of nitro groups is 1. The average molecular weight is 323 g/mol. The number of nitro benzene ring substituents is 1. The Balaban J connectivity index is 1.88. The summed E-state index contributed by atoms with van der Waals surface area (Å²) in [6.07, 6.45) is 3.18. The molecule has 0 unspecified atom stereocenters. The van der Waals surface area contributed by atoms with Crippen LogP contribution in [-0.4, -0.2) is 16.9 Å².